The van der Waals surface area contributed by atoms with Gasteiger partial charge in [-0.25, -0.2) is 0 Å². The van der Waals surface area contributed by atoms with Gasteiger partial charge in [0.2, 0.25) is 5.91 Å². The van der Waals surface area contributed by atoms with Crippen LogP contribution in [0.4, 0.5) is 5.69 Å². The number of hydrogen-bond acceptors (Lipinski definition) is 4. The Hall–Kier alpha value is -1.37. The standard InChI is InChI=1S/C16H23BN2O3/c1-15(2)16(3,4)22-17(21-15)11-7-5-10-6-8-12(18)14(20)19-13(10)9-11/h5,7,9,12H,6,8,18H2,1-4H3,(H,19,20). The molecule has 3 rings (SSSR count). The first kappa shape index (κ1) is 15.5. The summed E-state index contributed by atoms with van der Waals surface area (Å²) >= 11 is 0. The molecule has 2 aliphatic rings. The van der Waals surface area contributed by atoms with Crippen molar-refractivity contribution in [3.05, 3.63) is 23.8 Å². The lowest BCUT2D eigenvalue weighted by molar-refractivity contribution is -0.117. The SMILES string of the molecule is CC1(C)OB(c2ccc3c(c2)NC(=O)C(N)CC3)OC1(C)C. The van der Waals surface area contributed by atoms with Crippen LogP contribution in [0.5, 0.6) is 0 Å². The van der Waals surface area contributed by atoms with Gasteiger partial charge in [0.1, 0.15) is 0 Å². The van der Waals surface area contributed by atoms with E-state index in [0.717, 1.165) is 23.1 Å². The molecule has 6 heteroatoms. The average molecular weight is 302 g/mol. The molecule has 5 nitrogen and oxygen atoms in total. The fourth-order valence-electron chi connectivity index (χ4n) is 2.72. The van der Waals surface area contributed by atoms with Gasteiger partial charge in [-0.2, -0.15) is 0 Å². The van der Waals surface area contributed by atoms with E-state index in [-0.39, 0.29) is 17.1 Å². The van der Waals surface area contributed by atoms with Crippen molar-refractivity contribution in [3.63, 3.8) is 0 Å². The van der Waals surface area contributed by atoms with Gasteiger partial charge < -0.3 is 20.4 Å². The number of fused-ring (bicyclic) bond motifs is 1. The largest absolute Gasteiger partial charge is 0.494 e. The molecular formula is C16H23BN2O3. The van der Waals surface area contributed by atoms with Crippen molar-refractivity contribution >= 4 is 24.2 Å². The van der Waals surface area contributed by atoms with Gasteiger partial charge in [0, 0.05) is 5.69 Å². The highest BCUT2D eigenvalue weighted by Crippen LogP contribution is 2.36. The third kappa shape index (κ3) is 2.55. The maximum absolute atomic E-state index is 11.9. The Morgan fingerprint density at radius 3 is 2.50 bits per heavy atom. The summed E-state index contributed by atoms with van der Waals surface area (Å²) in [5, 5.41) is 2.90. The highest BCUT2D eigenvalue weighted by atomic mass is 16.7. The first-order valence-corrected chi connectivity index (χ1v) is 7.74. The van der Waals surface area contributed by atoms with Crippen LogP contribution in [-0.4, -0.2) is 30.3 Å². The topological polar surface area (TPSA) is 73.6 Å². The number of carbonyl (C=O) groups is 1. The molecule has 1 fully saturated rings. The second-order valence-electron chi connectivity index (χ2n) is 7.14. The molecule has 1 saturated heterocycles. The highest BCUT2D eigenvalue weighted by Gasteiger charge is 2.51. The molecule has 0 spiro atoms. The average Bonchev–Trinajstić information content (AvgIpc) is 2.55. The number of rotatable bonds is 1. The first-order valence-electron chi connectivity index (χ1n) is 7.74. The summed E-state index contributed by atoms with van der Waals surface area (Å²) < 4.78 is 12.1. The molecule has 22 heavy (non-hydrogen) atoms. The van der Waals surface area contributed by atoms with Crippen LogP contribution < -0.4 is 16.5 Å². The predicted octanol–water partition coefficient (Wildman–Crippen LogP) is 1.20. The van der Waals surface area contributed by atoms with Crippen LogP contribution in [0, 0.1) is 0 Å². The molecule has 1 unspecified atom stereocenters. The fraction of sp³-hybridized carbons (Fsp3) is 0.562. The zero-order valence-electron chi connectivity index (χ0n) is 13.6. The summed E-state index contributed by atoms with van der Waals surface area (Å²) in [5.41, 5.74) is 7.89. The second-order valence-corrected chi connectivity index (χ2v) is 7.14. The fourth-order valence-corrected chi connectivity index (χ4v) is 2.72. The molecule has 0 aliphatic carbocycles. The molecule has 1 amide bonds. The zero-order valence-corrected chi connectivity index (χ0v) is 13.6. The van der Waals surface area contributed by atoms with E-state index in [1.807, 2.05) is 45.9 Å². The molecule has 1 aromatic carbocycles. The molecule has 118 valence electrons. The van der Waals surface area contributed by atoms with E-state index < -0.39 is 13.2 Å². The number of nitrogens with two attached hydrogens (primary N) is 1. The van der Waals surface area contributed by atoms with Crippen LogP contribution in [0.1, 0.15) is 39.7 Å². The van der Waals surface area contributed by atoms with Crippen molar-refractivity contribution in [2.45, 2.75) is 57.8 Å². The second kappa shape index (κ2) is 5.08. The molecule has 1 atom stereocenters. The van der Waals surface area contributed by atoms with Gasteiger partial charge in [-0.1, -0.05) is 12.1 Å². The van der Waals surface area contributed by atoms with Crippen LogP contribution in [-0.2, 0) is 20.5 Å². The van der Waals surface area contributed by atoms with Crippen LogP contribution >= 0.6 is 0 Å². The maximum Gasteiger partial charge on any atom is 0.494 e. The molecule has 2 heterocycles. The molecular weight excluding hydrogens is 279 g/mol. The van der Waals surface area contributed by atoms with Gasteiger partial charge >= 0.3 is 7.12 Å². The van der Waals surface area contributed by atoms with E-state index in [4.69, 9.17) is 15.0 Å². The Morgan fingerprint density at radius 1 is 1.23 bits per heavy atom. The van der Waals surface area contributed by atoms with E-state index >= 15 is 0 Å². The summed E-state index contributed by atoms with van der Waals surface area (Å²) in [4.78, 5) is 11.9. The third-order valence-corrected chi connectivity index (χ3v) is 4.98. The van der Waals surface area contributed by atoms with Crippen molar-refractivity contribution in [1.29, 1.82) is 0 Å². The van der Waals surface area contributed by atoms with Crippen molar-refractivity contribution in [2.75, 3.05) is 5.32 Å². The lowest BCUT2D eigenvalue weighted by Gasteiger charge is -2.32. The Morgan fingerprint density at radius 2 is 1.86 bits per heavy atom. The van der Waals surface area contributed by atoms with Gasteiger partial charge in [0.05, 0.1) is 17.2 Å². The van der Waals surface area contributed by atoms with E-state index in [1.165, 1.54) is 0 Å². The smallest absolute Gasteiger partial charge is 0.399 e. The van der Waals surface area contributed by atoms with Crippen LogP contribution in [0.25, 0.3) is 0 Å². The van der Waals surface area contributed by atoms with Crippen molar-refractivity contribution in [3.8, 4) is 0 Å². The van der Waals surface area contributed by atoms with Gasteiger partial charge in [-0.05, 0) is 57.6 Å². The number of hydrogen-bond donors (Lipinski definition) is 2. The molecule has 0 bridgehead atoms. The summed E-state index contributed by atoms with van der Waals surface area (Å²) in [7, 11) is -0.427. The van der Waals surface area contributed by atoms with Crippen molar-refractivity contribution < 1.29 is 14.1 Å². The van der Waals surface area contributed by atoms with E-state index in [0.29, 0.717) is 6.42 Å². The number of amides is 1. The quantitative estimate of drug-likeness (QED) is 0.765. The number of carbonyl (C=O) groups excluding carboxylic acids is 1. The third-order valence-electron chi connectivity index (χ3n) is 4.98. The van der Waals surface area contributed by atoms with E-state index in [2.05, 4.69) is 5.32 Å². The maximum atomic E-state index is 11.9. The summed E-state index contributed by atoms with van der Waals surface area (Å²) in [6, 6.07) is 5.51. The number of benzene rings is 1. The summed E-state index contributed by atoms with van der Waals surface area (Å²) in [6.45, 7) is 8.10. The minimum atomic E-state index is -0.451. The molecule has 1 aromatic rings. The van der Waals surface area contributed by atoms with Gasteiger partial charge in [-0.3, -0.25) is 4.79 Å². The highest BCUT2D eigenvalue weighted by molar-refractivity contribution is 6.62. The summed E-state index contributed by atoms with van der Waals surface area (Å²) in [6.07, 6.45) is 1.45. The Kier molecular flexibility index (Phi) is 3.59. The molecule has 0 aromatic heterocycles. The van der Waals surface area contributed by atoms with Gasteiger partial charge in [-0.15, -0.1) is 0 Å². The molecule has 3 N–H and O–H groups in total. The predicted molar refractivity (Wildman–Crippen MR) is 87.1 cm³/mol. The van der Waals surface area contributed by atoms with Crippen molar-refractivity contribution in [2.24, 2.45) is 5.73 Å². The number of aryl methyl sites for hydroxylation is 1. The van der Waals surface area contributed by atoms with Gasteiger partial charge in [0.15, 0.2) is 0 Å². The molecule has 0 radical (unpaired) electrons. The normalized spacial score (nSPS) is 26.3. The minimum Gasteiger partial charge on any atom is -0.399 e. The Bertz CT molecular complexity index is 599. The minimum absolute atomic E-state index is 0.134. The molecule has 0 saturated carbocycles. The lowest BCUT2D eigenvalue weighted by atomic mass is 9.78. The van der Waals surface area contributed by atoms with Crippen LogP contribution in [0.15, 0.2) is 18.2 Å². The summed E-state index contributed by atoms with van der Waals surface area (Å²) in [5.74, 6) is -0.134. The van der Waals surface area contributed by atoms with Gasteiger partial charge in [0.25, 0.3) is 0 Å². The van der Waals surface area contributed by atoms with Crippen molar-refractivity contribution in [1.82, 2.24) is 0 Å². The van der Waals surface area contributed by atoms with E-state index in [1.54, 1.807) is 0 Å². The first-order chi connectivity index (χ1) is 10.2. The lowest BCUT2D eigenvalue weighted by Crippen LogP contribution is -2.41. The van der Waals surface area contributed by atoms with E-state index in [9.17, 15) is 4.79 Å². The zero-order chi connectivity index (χ0) is 16.1. The van der Waals surface area contributed by atoms with Crippen LogP contribution in [0.2, 0.25) is 0 Å². The number of anilines is 1. The molecule has 2 aliphatic heterocycles. The Balaban J connectivity index is 1.89. The van der Waals surface area contributed by atoms with Crippen LogP contribution in [0.3, 0.4) is 0 Å². The Labute approximate surface area is 131 Å². The number of nitrogens with one attached hydrogen (secondary N) is 1. The monoisotopic (exact) mass is 302 g/mol.